The van der Waals surface area contributed by atoms with Gasteiger partial charge in [-0.15, -0.1) is 11.6 Å². The summed E-state index contributed by atoms with van der Waals surface area (Å²) in [5, 5.41) is 11.6. The summed E-state index contributed by atoms with van der Waals surface area (Å²) >= 11 is 5.47. The van der Waals surface area contributed by atoms with Crippen molar-refractivity contribution in [1.82, 2.24) is 5.32 Å². The van der Waals surface area contributed by atoms with E-state index < -0.39 is 0 Å². The summed E-state index contributed by atoms with van der Waals surface area (Å²) in [5.41, 5.74) is 0. The van der Waals surface area contributed by atoms with Gasteiger partial charge in [-0.2, -0.15) is 0 Å². The Labute approximate surface area is 84.5 Å². The molecule has 0 aromatic carbocycles. The molecule has 78 valence electrons. The minimum atomic E-state index is -0.0940. The van der Waals surface area contributed by atoms with E-state index in [1.165, 1.54) is 0 Å². The molecule has 0 aromatic rings. The lowest BCUT2D eigenvalue weighted by molar-refractivity contribution is -0.122. The third-order valence-electron chi connectivity index (χ3n) is 1.87. The molecule has 0 rings (SSSR count). The van der Waals surface area contributed by atoms with E-state index in [9.17, 15) is 4.79 Å². The van der Waals surface area contributed by atoms with Gasteiger partial charge >= 0.3 is 0 Å². The molecule has 0 saturated carbocycles. The van der Waals surface area contributed by atoms with E-state index >= 15 is 0 Å². The fourth-order valence-corrected chi connectivity index (χ4v) is 1.15. The molecule has 0 aliphatic heterocycles. The SMILES string of the molecule is CC[C@@H](CO)NC(=O)CCCCCl. The molecule has 13 heavy (non-hydrogen) atoms. The summed E-state index contributed by atoms with van der Waals surface area (Å²) in [5.74, 6) is 0.607. The Morgan fingerprint density at radius 3 is 2.69 bits per heavy atom. The molecule has 1 amide bonds. The Bertz CT molecular complexity index is 138. The molecule has 2 N–H and O–H groups in total. The lowest BCUT2D eigenvalue weighted by atomic mass is 10.2. The van der Waals surface area contributed by atoms with Crippen LogP contribution in [0.15, 0.2) is 0 Å². The minimum Gasteiger partial charge on any atom is -0.394 e. The number of halogens is 1. The van der Waals surface area contributed by atoms with E-state index in [1.54, 1.807) is 0 Å². The zero-order chi connectivity index (χ0) is 10.1. The molecule has 0 bridgehead atoms. The summed E-state index contributed by atoms with van der Waals surface area (Å²) in [7, 11) is 0. The predicted octanol–water partition coefficient (Wildman–Crippen LogP) is 1.28. The van der Waals surface area contributed by atoms with E-state index in [0.717, 1.165) is 19.3 Å². The Hall–Kier alpha value is -0.280. The van der Waals surface area contributed by atoms with Crippen LogP contribution in [0.4, 0.5) is 0 Å². The lowest BCUT2D eigenvalue weighted by Crippen LogP contribution is -2.36. The third kappa shape index (κ3) is 6.84. The molecule has 0 spiro atoms. The quantitative estimate of drug-likeness (QED) is 0.488. The number of unbranched alkanes of at least 4 members (excludes halogenated alkanes) is 1. The first-order chi connectivity index (χ1) is 6.24. The molecule has 0 radical (unpaired) electrons. The Morgan fingerprint density at radius 2 is 2.23 bits per heavy atom. The number of nitrogens with one attached hydrogen (secondary N) is 1. The number of rotatable bonds is 7. The predicted molar refractivity (Wildman–Crippen MR) is 53.9 cm³/mol. The Balaban J connectivity index is 3.48. The number of amides is 1. The molecule has 0 heterocycles. The zero-order valence-corrected chi connectivity index (χ0v) is 8.81. The smallest absolute Gasteiger partial charge is 0.220 e. The maximum Gasteiger partial charge on any atom is 0.220 e. The molecule has 1 atom stereocenters. The van der Waals surface area contributed by atoms with Crippen LogP contribution >= 0.6 is 11.6 Å². The van der Waals surface area contributed by atoms with E-state index in [1.807, 2.05) is 6.92 Å². The van der Waals surface area contributed by atoms with Gasteiger partial charge < -0.3 is 10.4 Å². The maximum absolute atomic E-state index is 11.2. The molecule has 0 fully saturated rings. The van der Waals surface area contributed by atoms with Gasteiger partial charge in [0.05, 0.1) is 12.6 Å². The molecule has 0 aliphatic carbocycles. The third-order valence-corrected chi connectivity index (χ3v) is 2.13. The van der Waals surface area contributed by atoms with Crippen molar-refractivity contribution < 1.29 is 9.90 Å². The minimum absolute atomic E-state index is 0.00557. The molecular weight excluding hydrogens is 190 g/mol. The van der Waals surface area contributed by atoms with Gasteiger partial charge in [0.2, 0.25) is 5.91 Å². The number of carbonyl (C=O) groups is 1. The molecule has 0 unspecified atom stereocenters. The van der Waals surface area contributed by atoms with Crippen LogP contribution in [0, 0.1) is 0 Å². The van der Waals surface area contributed by atoms with Gasteiger partial charge in [0.25, 0.3) is 0 Å². The van der Waals surface area contributed by atoms with Gasteiger partial charge in [-0.3, -0.25) is 4.79 Å². The second-order valence-electron chi connectivity index (χ2n) is 3.00. The number of hydrogen-bond donors (Lipinski definition) is 2. The average molecular weight is 208 g/mol. The van der Waals surface area contributed by atoms with Crippen LogP contribution in [0.3, 0.4) is 0 Å². The molecule has 0 saturated heterocycles. The van der Waals surface area contributed by atoms with Crippen molar-refractivity contribution >= 4 is 17.5 Å². The number of hydrogen-bond acceptors (Lipinski definition) is 2. The topological polar surface area (TPSA) is 49.3 Å². The van der Waals surface area contributed by atoms with Crippen molar-refractivity contribution in [1.29, 1.82) is 0 Å². The normalized spacial score (nSPS) is 12.5. The van der Waals surface area contributed by atoms with Crippen LogP contribution in [-0.4, -0.2) is 29.5 Å². The van der Waals surface area contributed by atoms with Gasteiger partial charge in [0, 0.05) is 12.3 Å². The molecule has 0 aliphatic rings. The van der Waals surface area contributed by atoms with Crippen LogP contribution in [0.1, 0.15) is 32.6 Å². The van der Waals surface area contributed by atoms with Crippen molar-refractivity contribution in [3.8, 4) is 0 Å². The van der Waals surface area contributed by atoms with Crippen LogP contribution in [0.5, 0.6) is 0 Å². The Kier molecular flexibility index (Phi) is 8.14. The highest BCUT2D eigenvalue weighted by Crippen LogP contribution is 1.98. The highest BCUT2D eigenvalue weighted by molar-refractivity contribution is 6.17. The fourth-order valence-electron chi connectivity index (χ4n) is 0.957. The highest BCUT2D eigenvalue weighted by atomic mass is 35.5. The van der Waals surface area contributed by atoms with Crippen LogP contribution in [0.25, 0.3) is 0 Å². The zero-order valence-electron chi connectivity index (χ0n) is 8.05. The van der Waals surface area contributed by atoms with Crippen molar-refractivity contribution in [2.75, 3.05) is 12.5 Å². The lowest BCUT2D eigenvalue weighted by Gasteiger charge is -2.13. The maximum atomic E-state index is 11.2. The first-order valence-corrected chi connectivity index (χ1v) is 5.24. The monoisotopic (exact) mass is 207 g/mol. The second-order valence-corrected chi connectivity index (χ2v) is 3.38. The summed E-state index contributed by atoms with van der Waals surface area (Å²) < 4.78 is 0. The van der Waals surface area contributed by atoms with Gasteiger partial charge in [-0.05, 0) is 19.3 Å². The van der Waals surface area contributed by atoms with Crippen molar-refractivity contribution in [3.63, 3.8) is 0 Å². The summed E-state index contributed by atoms with van der Waals surface area (Å²) in [6, 6.07) is -0.0940. The molecule has 4 heteroatoms. The van der Waals surface area contributed by atoms with Crippen molar-refractivity contribution in [2.45, 2.75) is 38.6 Å². The van der Waals surface area contributed by atoms with E-state index in [4.69, 9.17) is 16.7 Å². The molecule has 3 nitrogen and oxygen atoms in total. The van der Waals surface area contributed by atoms with E-state index in [2.05, 4.69) is 5.32 Å². The van der Waals surface area contributed by atoms with Gasteiger partial charge in [-0.1, -0.05) is 6.92 Å². The highest BCUT2D eigenvalue weighted by Gasteiger charge is 2.07. The van der Waals surface area contributed by atoms with Crippen molar-refractivity contribution in [2.24, 2.45) is 0 Å². The van der Waals surface area contributed by atoms with Gasteiger partial charge in [0.1, 0.15) is 0 Å². The van der Waals surface area contributed by atoms with Crippen molar-refractivity contribution in [3.05, 3.63) is 0 Å². The van der Waals surface area contributed by atoms with E-state index in [0.29, 0.717) is 12.3 Å². The number of alkyl halides is 1. The Morgan fingerprint density at radius 1 is 1.54 bits per heavy atom. The summed E-state index contributed by atoms with van der Waals surface area (Å²) in [6.45, 7) is 1.94. The van der Waals surface area contributed by atoms with E-state index in [-0.39, 0.29) is 18.6 Å². The number of aliphatic hydroxyl groups is 1. The number of aliphatic hydroxyl groups excluding tert-OH is 1. The van der Waals surface area contributed by atoms with Gasteiger partial charge in [-0.25, -0.2) is 0 Å². The largest absolute Gasteiger partial charge is 0.394 e. The van der Waals surface area contributed by atoms with Crippen LogP contribution in [-0.2, 0) is 4.79 Å². The first-order valence-electron chi connectivity index (χ1n) is 4.70. The van der Waals surface area contributed by atoms with Crippen LogP contribution in [0.2, 0.25) is 0 Å². The first kappa shape index (κ1) is 12.7. The summed E-state index contributed by atoms with van der Waals surface area (Å²) in [4.78, 5) is 11.2. The average Bonchev–Trinajstić information content (AvgIpc) is 2.14. The molecule has 0 aromatic heterocycles. The standard InChI is InChI=1S/C9H18ClNO2/c1-2-8(7-12)11-9(13)5-3-4-6-10/h8,12H,2-7H2,1H3,(H,11,13)/t8-/m0/s1. The second kappa shape index (κ2) is 8.32. The van der Waals surface area contributed by atoms with Crippen LogP contribution < -0.4 is 5.32 Å². The molecular formula is C9H18ClNO2. The van der Waals surface area contributed by atoms with Gasteiger partial charge in [0.15, 0.2) is 0 Å². The fraction of sp³-hybridized carbons (Fsp3) is 0.889. The number of carbonyl (C=O) groups excluding carboxylic acids is 1. The summed E-state index contributed by atoms with van der Waals surface area (Å²) in [6.07, 6.45) is 2.95.